The summed E-state index contributed by atoms with van der Waals surface area (Å²) in [6, 6.07) is 2.86. The normalized spacial score (nSPS) is 11.4. The molecule has 3 N–H and O–H groups in total. The molecule has 0 bridgehead atoms. The van der Waals surface area contributed by atoms with Crippen LogP contribution in [0.3, 0.4) is 0 Å². The van der Waals surface area contributed by atoms with Crippen LogP contribution in [-0.4, -0.2) is 27.5 Å². The SMILES string of the molecule is CCOCC(=O)Nc1c(C)cc(S(N)(=O)=O)cc1C. The average molecular weight is 286 g/mol. The molecule has 0 fully saturated rings. The van der Waals surface area contributed by atoms with Crippen LogP contribution in [0.15, 0.2) is 17.0 Å². The number of anilines is 1. The van der Waals surface area contributed by atoms with E-state index in [0.29, 0.717) is 23.4 Å². The molecule has 0 atom stereocenters. The molecule has 0 unspecified atom stereocenters. The molecule has 0 aliphatic heterocycles. The third-order valence-electron chi connectivity index (χ3n) is 2.54. The Balaban J connectivity index is 3.01. The van der Waals surface area contributed by atoms with Gasteiger partial charge in [0.2, 0.25) is 15.9 Å². The van der Waals surface area contributed by atoms with Gasteiger partial charge < -0.3 is 10.1 Å². The van der Waals surface area contributed by atoms with Gasteiger partial charge in [-0.2, -0.15) is 0 Å². The van der Waals surface area contributed by atoms with Crippen LogP contribution in [0.4, 0.5) is 5.69 Å². The predicted octanol–water partition coefficient (Wildman–Crippen LogP) is 0.926. The Labute approximate surface area is 113 Å². The van der Waals surface area contributed by atoms with E-state index in [1.54, 1.807) is 20.8 Å². The summed E-state index contributed by atoms with van der Waals surface area (Å²) in [4.78, 5) is 11.6. The highest BCUT2D eigenvalue weighted by atomic mass is 32.2. The van der Waals surface area contributed by atoms with E-state index in [1.165, 1.54) is 12.1 Å². The van der Waals surface area contributed by atoms with Gasteiger partial charge in [-0.15, -0.1) is 0 Å². The third kappa shape index (κ3) is 4.30. The highest BCUT2D eigenvalue weighted by Crippen LogP contribution is 2.24. The summed E-state index contributed by atoms with van der Waals surface area (Å²) in [6.45, 7) is 5.63. The molecule has 0 aliphatic carbocycles. The van der Waals surface area contributed by atoms with E-state index in [1.807, 2.05) is 0 Å². The highest BCUT2D eigenvalue weighted by Gasteiger charge is 2.14. The maximum atomic E-state index is 11.6. The van der Waals surface area contributed by atoms with E-state index in [0.717, 1.165) is 0 Å². The quantitative estimate of drug-likeness (QED) is 0.841. The summed E-state index contributed by atoms with van der Waals surface area (Å²) in [7, 11) is -3.74. The molecule has 106 valence electrons. The fraction of sp³-hybridized carbons (Fsp3) is 0.417. The van der Waals surface area contributed by atoms with Crippen molar-refractivity contribution in [2.24, 2.45) is 5.14 Å². The first-order valence-electron chi connectivity index (χ1n) is 5.77. The van der Waals surface area contributed by atoms with E-state index in [4.69, 9.17) is 9.88 Å². The summed E-state index contributed by atoms with van der Waals surface area (Å²) >= 11 is 0. The summed E-state index contributed by atoms with van der Waals surface area (Å²) in [5, 5.41) is 7.77. The van der Waals surface area contributed by atoms with Crippen molar-refractivity contribution in [1.82, 2.24) is 0 Å². The molecular formula is C12H18N2O4S. The van der Waals surface area contributed by atoms with Gasteiger partial charge in [0.15, 0.2) is 0 Å². The Morgan fingerprint density at radius 3 is 2.26 bits per heavy atom. The lowest BCUT2D eigenvalue weighted by atomic mass is 10.1. The number of carbonyl (C=O) groups excluding carboxylic acids is 1. The standard InChI is InChI=1S/C12H18N2O4S/c1-4-18-7-11(15)14-12-8(2)5-10(6-9(12)3)19(13,16)17/h5-6H,4,7H2,1-3H3,(H,14,15)(H2,13,16,17). The number of sulfonamides is 1. The van der Waals surface area contributed by atoms with Gasteiger partial charge in [-0.05, 0) is 44.0 Å². The van der Waals surface area contributed by atoms with Crippen molar-refractivity contribution < 1.29 is 17.9 Å². The molecule has 0 spiro atoms. The zero-order chi connectivity index (χ0) is 14.6. The van der Waals surface area contributed by atoms with Crippen molar-refractivity contribution in [1.29, 1.82) is 0 Å². The Morgan fingerprint density at radius 2 is 1.84 bits per heavy atom. The minimum absolute atomic E-state index is 0.0327. The molecule has 1 aromatic carbocycles. The number of ether oxygens (including phenoxy) is 1. The molecule has 1 amide bonds. The Bertz CT molecular complexity index is 558. The average Bonchev–Trinajstić information content (AvgIpc) is 2.29. The zero-order valence-corrected chi connectivity index (χ0v) is 12.0. The van der Waals surface area contributed by atoms with Crippen LogP contribution in [0.1, 0.15) is 18.1 Å². The molecule has 0 aliphatic rings. The van der Waals surface area contributed by atoms with Crippen LogP contribution >= 0.6 is 0 Å². The molecule has 0 heterocycles. The number of benzene rings is 1. The Morgan fingerprint density at radius 1 is 1.32 bits per heavy atom. The van der Waals surface area contributed by atoms with Gasteiger partial charge in [0.1, 0.15) is 6.61 Å². The van der Waals surface area contributed by atoms with Gasteiger partial charge in [0.25, 0.3) is 0 Å². The summed E-state index contributed by atoms with van der Waals surface area (Å²) in [5.41, 5.74) is 1.85. The maximum Gasteiger partial charge on any atom is 0.250 e. The molecule has 0 radical (unpaired) electrons. The highest BCUT2D eigenvalue weighted by molar-refractivity contribution is 7.89. The number of nitrogens with two attached hydrogens (primary N) is 1. The van der Waals surface area contributed by atoms with Crippen LogP contribution in [0.5, 0.6) is 0 Å². The van der Waals surface area contributed by atoms with Gasteiger partial charge in [-0.1, -0.05) is 0 Å². The van der Waals surface area contributed by atoms with Crippen LogP contribution in [0.2, 0.25) is 0 Å². The minimum atomic E-state index is -3.74. The zero-order valence-electron chi connectivity index (χ0n) is 11.2. The fourth-order valence-corrected chi connectivity index (χ4v) is 2.34. The van der Waals surface area contributed by atoms with Crippen molar-refractivity contribution >= 4 is 21.6 Å². The van der Waals surface area contributed by atoms with Gasteiger partial charge >= 0.3 is 0 Å². The van der Waals surface area contributed by atoms with Gasteiger partial charge in [-0.3, -0.25) is 4.79 Å². The number of hydrogen-bond acceptors (Lipinski definition) is 4. The molecule has 0 saturated carbocycles. The van der Waals surface area contributed by atoms with Crippen molar-refractivity contribution in [3.63, 3.8) is 0 Å². The molecule has 0 aromatic heterocycles. The fourth-order valence-electron chi connectivity index (χ4n) is 1.66. The first-order chi connectivity index (χ1) is 8.75. The second kappa shape index (κ2) is 6.14. The first-order valence-corrected chi connectivity index (χ1v) is 7.32. The lowest BCUT2D eigenvalue weighted by Gasteiger charge is -2.13. The number of hydrogen-bond donors (Lipinski definition) is 2. The number of carbonyl (C=O) groups is 1. The van der Waals surface area contributed by atoms with Crippen LogP contribution in [0.25, 0.3) is 0 Å². The molecule has 1 aromatic rings. The summed E-state index contributed by atoms with van der Waals surface area (Å²) in [6.07, 6.45) is 0. The second-order valence-electron chi connectivity index (χ2n) is 4.16. The molecule has 0 saturated heterocycles. The summed E-state index contributed by atoms with van der Waals surface area (Å²) < 4.78 is 27.6. The number of primary sulfonamides is 1. The molecule has 19 heavy (non-hydrogen) atoms. The van der Waals surface area contributed by atoms with E-state index in [2.05, 4.69) is 5.32 Å². The van der Waals surface area contributed by atoms with Gasteiger partial charge in [-0.25, -0.2) is 13.6 Å². The van der Waals surface area contributed by atoms with Crippen molar-refractivity contribution in [3.05, 3.63) is 23.3 Å². The van der Waals surface area contributed by atoms with Crippen LogP contribution in [0, 0.1) is 13.8 Å². The van der Waals surface area contributed by atoms with E-state index in [-0.39, 0.29) is 17.4 Å². The molecule has 1 rings (SSSR count). The van der Waals surface area contributed by atoms with Gasteiger partial charge in [0.05, 0.1) is 4.90 Å². The largest absolute Gasteiger partial charge is 0.372 e. The van der Waals surface area contributed by atoms with E-state index < -0.39 is 10.0 Å². The second-order valence-corrected chi connectivity index (χ2v) is 5.72. The van der Waals surface area contributed by atoms with E-state index in [9.17, 15) is 13.2 Å². The van der Waals surface area contributed by atoms with Crippen LogP contribution in [-0.2, 0) is 19.6 Å². The minimum Gasteiger partial charge on any atom is -0.372 e. The van der Waals surface area contributed by atoms with Gasteiger partial charge in [0, 0.05) is 12.3 Å². The summed E-state index contributed by atoms with van der Waals surface area (Å²) in [5.74, 6) is -0.281. The molecule has 6 nitrogen and oxygen atoms in total. The smallest absolute Gasteiger partial charge is 0.250 e. The predicted molar refractivity (Wildman–Crippen MR) is 72.4 cm³/mol. The monoisotopic (exact) mass is 286 g/mol. The Kier molecular flexibility index (Phi) is 5.04. The van der Waals surface area contributed by atoms with Crippen molar-refractivity contribution in [2.75, 3.05) is 18.5 Å². The third-order valence-corrected chi connectivity index (χ3v) is 3.43. The molecular weight excluding hydrogens is 268 g/mol. The van der Waals surface area contributed by atoms with Crippen molar-refractivity contribution in [2.45, 2.75) is 25.7 Å². The van der Waals surface area contributed by atoms with Crippen LogP contribution < -0.4 is 10.5 Å². The number of rotatable bonds is 5. The number of amides is 1. The lowest BCUT2D eigenvalue weighted by molar-refractivity contribution is -0.120. The lowest BCUT2D eigenvalue weighted by Crippen LogP contribution is -2.20. The number of nitrogens with one attached hydrogen (secondary N) is 1. The first kappa shape index (κ1) is 15.6. The Hall–Kier alpha value is -1.44. The topological polar surface area (TPSA) is 98.5 Å². The maximum absolute atomic E-state index is 11.6. The number of aryl methyl sites for hydroxylation is 2. The molecule has 7 heteroatoms. The van der Waals surface area contributed by atoms with E-state index >= 15 is 0 Å². The van der Waals surface area contributed by atoms with Crippen molar-refractivity contribution in [3.8, 4) is 0 Å².